The Bertz CT molecular complexity index is 704. The molecule has 0 saturated heterocycles. The normalized spacial score (nSPS) is 13.3. The van der Waals surface area contributed by atoms with E-state index in [2.05, 4.69) is 0 Å². The van der Waals surface area contributed by atoms with Crippen LogP contribution in [0.2, 0.25) is 0 Å². The number of hydrogen-bond donors (Lipinski definition) is 0. The zero-order valence-corrected chi connectivity index (χ0v) is 10.9. The molecule has 0 unspecified atom stereocenters. The van der Waals surface area contributed by atoms with Gasteiger partial charge < -0.3 is 4.74 Å². The smallest absolute Gasteiger partial charge is 0.197 e. The van der Waals surface area contributed by atoms with Crippen molar-refractivity contribution >= 4 is 17.6 Å². The lowest BCUT2D eigenvalue weighted by Gasteiger charge is -2.04. The van der Waals surface area contributed by atoms with Crippen molar-refractivity contribution in [3.63, 3.8) is 0 Å². The van der Waals surface area contributed by atoms with Crippen LogP contribution < -0.4 is 4.74 Å². The van der Waals surface area contributed by atoms with Crippen LogP contribution in [0.1, 0.15) is 26.3 Å². The van der Waals surface area contributed by atoms with Crippen LogP contribution >= 0.6 is 0 Å². The summed E-state index contributed by atoms with van der Waals surface area (Å²) < 4.78 is 5.24. The molecule has 1 aliphatic carbocycles. The molecule has 0 bridgehead atoms. The van der Waals surface area contributed by atoms with E-state index < -0.39 is 0 Å². The molecular formula is C17H12O3. The van der Waals surface area contributed by atoms with Gasteiger partial charge in [-0.2, -0.15) is 0 Å². The number of ketones is 2. The van der Waals surface area contributed by atoms with E-state index in [1.54, 1.807) is 43.5 Å². The highest BCUT2D eigenvalue weighted by Gasteiger charge is 2.32. The van der Waals surface area contributed by atoms with Gasteiger partial charge in [0.05, 0.1) is 12.7 Å². The maximum absolute atomic E-state index is 12.3. The summed E-state index contributed by atoms with van der Waals surface area (Å²) in [5, 5.41) is 0. The lowest BCUT2D eigenvalue weighted by atomic mass is 10.1. The predicted octanol–water partition coefficient (Wildman–Crippen LogP) is 3.16. The van der Waals surface area contributed by atoms with Crippen LogP contribution in [-0.4, -0.2) is 18.7 Å². The third kappa shape index (κ3) is 1.84. The van der Waals surface area contributed by atoms with Gasteiger partial charge in [-0.1, -0.05) is 42.5 Å². The first kappa shape index (κ1) is 12.4. The van der Waals surface area contributed by atoms with E-state index in [1.807, 2.05) is 18.2 Å². The molecule has 2 aromatic carbocycles. The molecule has 0 heterocycles. The molecule has 2 aromatic rings. The van der Waals surface area contributed by atoms with Gasteiger partial charge in [0.15, 0.2) is 11.6 Å². The first-order chi connectivity index (χ1) is 9.72. The average molecular weight is 264 g/mol. The zero-order valence-electron chi connectivity index (χ0n) is 10.9. The fourth-order valence-corrected chi connectivity index (χ4v) is 2.34. The Morgan fingerprint density at radius 3 is 2.00 bits per heavy atom. The van der Waals surface area contributed by atoms with Gasteiger partial charge in [-0.3, -0.25) is 9.59 Å². The molecule has 0 radical (unpaired) electrons. The zero-order chi connectivity index (χ0) is 14.1. The van der Waals surface area contributed by atoms with Gasteiger partial charge in [0.1, 0.15) is 5.75 Å². The average Bonchev–Trinajstić information content (AvgIpc) is 2.73. The Morgan fingerprint density at radius 1 is 0.850 bits per heavy atom. The van der Waals surface area contributed by atoms with Gasteiger partial charge in [0.25, 0.3) is 0 Å². The Hall–Kier alpha value is -2.68. The van der Waals surface area contributed by atoms with Gasteiger partial charge >= 0.3 is 0 Å². The number of rotatable bonds is 2. The molecule has 0 amide bonds. The molecule has 0 aromatic heterocycles. The summed E-state index contributed by atoms with van der Waals surface area (Å²) >= 11 is 0. The summed E-state index contributed by atoms with van der Waals surface area (Å²) in [4.78, 5) is 24.6. The molecule has 3 heteroatoms. The molecular weight excluding hydrogens is 252 g/mol. The second-order valence-electron chi connectivity index (χ2n) is 4.50. The summed E-state index contributed by atoms with van der Waals surface area (Å²) in [6.45, 7) is 0. The highest BCUT2D eigenvalue weighted by molar-refractivity contribution is 6.41. The van der Waals surface area contributed by atoms with E-state index in [0.717, 1.165) is 5.56 Å². The van der Waals surface area contributed by atoms with Crippen LogP contribution in [0.3, 0.4) is 0 Å². The Labute approximate surface area is 116 Å². The number of ether oxygens (including phenoxy) is 1. The van der Waals surface area contributed by atoms with Crippen LogP contribution in [0.25, 0.3) is 6.08 Å². The summed E-state index contributed by atoms with van der Waals surface area (Å²) in [6, 6.07) is 14.2. The highest BCUT2D eigenvalue weighted by atomic mass is 16.5. The highest BCUT2D eigenvalue weighted by Crippen LogP contribution is 2.29. The van der Waals surface area contributed by atoms with E-state index in [4.69, 9.17) is 4.74 Å². The molecule has 0 N–H and O–H groups in total. The molecule has 3 nitrogen and oxygen atoms in total. The van der Waals surface area contributed by atoms with Crippen LogP contribution in [0, 0.1) is 0 Å². The van der Waals surface area contributed by atoms with Crippen molar-refractivity contribution in [2.45, 2.75) is 0 Å². The lowest BCUT2D eigenvalue weighted by molar-refractivity contribution is 0.0990. The Kier molecular flexibility index (Phi) is 2.95. The SMILES string of the molecule is COc1ccccc1C=C1C(=O)c2ccccc2C1=O. The van der Waals surface area contributed by atoms with Gasteiger partial charge in [-0.25, -0.2) is 0 Å². The second kappa shape index (κ2) is 4.78. The molecule has 20 heavy (non-hydrogen) atoms. The van der Waals surface area contributed by atoms with E-state index in [-0.39, 0.29) is 17.1 Å². The van der Waals surface area contributed by atoms with Gasteiger partial charge in [-0.05, 0) is 12.1 Å². The summed E-state index contributed by atoms with van der Waals surface area (Å²) in [7, 11) is 1.56. The molecule has 1 aliphatic rings. The van der Waals surface area contributed by atoms with Crippen molar-refractivity contribution in [3.05, 3.63) is 70.8 Å². The van der Waals surface area contributed by atoms with Crippen molar-refractivity contribution in [2.24, 2.45) is 0 Å². The number of para-hydroxylation sites is 1. The number of carbonyl (C=O) groups excluding carboxylic acids is 2. The van der Waals surface area contributed by atoms with E-state index >= 15 is 0 Å². The van der Waals surface area contributed by atoms with E-state index in [1.165, 1.54) is 0 Å². The summed E-state index contributed by atoms with van der Waals surface area (Å²) in [5.74, 6) is 0.185. The van der Waals surface area contributed by atoms with Crippen LogP contribution in [0.4, 0.5) is 0 Å². The Balaban J connectivity index is 2.11. The number of methoxy groups -OCH3 is 1. The number of Topliss-reactive ketones (excluding diaryl/α,β-unsaturated/α-hetero) is 2. The lowest BCUT2D eigenvalue weighted by Crippen LogP contribution is -2.00. The summed E-state index contributed by atoms with van der Waals surface area (Å²) in [6.07, 6.45) is 1.60. The minimum atomic E-state index is -0.225. The van der Waals surface area contributed by atoms with Crippen LogP contribution in [-0.2, 0) is 0 Å². The molecule has 0 fully saturated rings. The number of carbonyl (C=O) groups is 2. The molecule has 0 atom stereocenters. The van der Waals surface area contributed by atoms with Gasteiger partial charge in [0.2, 0.25) is 0 Å². The monoisotopic (exact) mass is 264 g/mol. The maximum Gasteiger partial charge on any atom is 0.197 e. The van der Waals surface area contributed by atoms with Crippen molar-refractivity contribution < 1.29 is 14.3 Å². The topological polar surface area (TPSA) is 43.4 Å². The molecule has 0 aliphatic heterocycles. The third-order valence-electron chi connectivity index (χ3n) is 3.34. The largest absolute Gasteiger partial charge is 0.496 e. The van der Waals surface area contributed by atoms with Crippen molar-refractivity contribution in [3.8, 4) is 5.75 Å². The maximum atomic E-state index is 12.3. The standard InChI is InChI=1S/C17H12O3/c1-20-15-9-5-2-6-11(15)10-14-16(18)12-7-3-4-8-13(12)17(14)19/h2-10H,1H3. The first-order valence-corrected chi connectivity index (χ1v) is 6.25. The van der Waals surface area contributed by atoms with Crippen molar-refractivity contribution in [1.29, 1.82) is 0 Å². The van der Waals surface area contributed by atoms with E-state index in [9.17, 15) is 9.59 Å². The number of fused-ring (bicyclic) bond motifs is 1. The minimum absolute atomic E-state index is 0.190. The third-order valence-corrected chi connectivity index (χ3v) is 3.34. The van der Waals surface area contributed by atoms with Crippen LogP contribution in [0.15, 0.2) is 54.1 Å². The van der Waals surface area contributed by atoms with Gasteiger partial charge in [0, 0.05) is 16.7 Å². The first-order valence-electron chi connectivity index (χ1n) is 6.25. The fraction of sp³-hybridized carbons (Fsp3) is 0.0588. The number of benzene rings is 2. The second-order valence-corrected chi connectivity index (χ2v) is 4.50. The summed E-state index contributed by atoms with van der Waals surface area (Å²) in [5.41, 5.74) is 1.85. The quantitative estimate of drug-likeness (QED) is 0.618. The number of hydrogen-bond acceptors (Lipinski definition) is 3. The molecule has 3 rings (SSSR count). The van der Waals surface area contributed by atoms with E-state index in [0.29, 0.717) is 16.9 Å². The van der Waals surface area contributed by atoms with Crippen LogP contribution in [0.5, 0.6) is 5.75 Å². The van der Waals surface area contributed by atoms with Crippen molar-refractivity contribution in [1.82, 2.24) is 0 Å². The molecule has 98 valence electrons. The minimum Gasteiger partial charge on any atom is -0.496 e. The number of allylic oxidation sites excluding steroid dienone is 1. The predicted molar refractivity (Wildman–Crippen MR) is 76.1 cm³/mol. The van der Waals surface area contributed by atoms with Crippen molar-refractivity contribution in [2.75, 3.05) is 7.11 Å². The van der Waals surface area contributed by atoms with Gasteiger partial charge in [-0.15, -0.1) is 0 Å². The molecule has 0 spiro atoms. The Morgan fingerprint density at radius 2 is 1.40 bits per heavy atom. The fourth-order valence-electron chi connectivity index (χ4n) is 2.34. The molecule has 0 saturated carbocycles.